The van der Waals surface area contributed by atoms with Crippen LogP contribution in [0.1, 0.15) is 30.5 Å². The van der Waals surface area contributed by atoms with Gasteiger partial charge in [-0.3, -0.25) is 0 Å². The van der Waals surface area contributed by atoms with Gasteiger partial charge in [0.15, 0.2) is 0 Å². The third-order valence-electron chi connectivity index (χ3n) is 4.95. The molecule has 3 aromatic rings. The first-order valence-electron chi connectivity index (χ1n) is 8.54. The zero-order chi connectivity index (χ0) is 17.4. The van der Waals surface area contributed by atoms with Crippen LogP contribution in [0.5, 0.6) is 0 Å². The van der Waals surface area contributed by atoms with Gasteiger partial charge in [0.25, 0.3) is 0 Å². The third-order valence-corrected chi connectivity index (χ3v) is 5.19. The maximum absolute atomic E-state index is 6.07. The predicted molar refractivity (Wildman–Crippen MR) is 97.5 cm³/mol. The van der Waals surface area contributed by atoms with Crippen LogP contribution in [-0.2, 0) is 25.4 Å². The number of rotatable bonds is 4. The van der Waals surface area contributed by atoms with Gasteiger partial charge in [-0.1, -0.05) is 11.6 Å². The van der Waals surface area contributed by atoms with E-state index in [1.54, 1.807) is 0 Å². The maximum Gasteiger partial charge on any atom is 0.123 e. The number of benzene rings is 1. The van der Waals surface area contributed by atoms with Gasteiger partial charge in [0.2, 0.25) is 0 Å². The Bertz CT molecular complexity index is 887. The fourth-order valence-electron chi connectivity index (χ4n) is 3.48. The minimum atomic E-state index is 0.0954. The summed E-state index contributed by atoms with van der Waals surface area (Å²) in [7, 11) is 4.05. The Kier molecular flexibility index (Phi) is 4.50. The molecule has 0 amide bonds. The second kappa shape index (κ2) is 6.78. The molecule has 2 atom stereocenters. The Balaban J connectivity index is 1.44. The average Bonchev–Trinajstić information content (AvgIpc) is 3.17. The SMILES string of the molecule is Cn1cncc1[C@@H]1C[C@H](NCc2nc3cc(Cl)ccc3n2C)CCO1. The number of nitrogens with one attached hydrogen (secondary N) is 1. The molecular weight excluding hydrogens is 338 g/mol. The van der Waals surface area contributed by atoms with Crippen molar-refractivity contribution in [2.45, 2.75) is 31.5 Å². The molecule has 0 radical (unpaired) electrons. The highest BCUT2D eigenvalue weighted by molar-refractivity contribution is 6.31. The summed E-state index contributed by atoms with van der Waals surface area (Å²) in [5, 5.41) is 4.36. The molecule has 0 unspecified atom stereocenters. The summed E-state index contributed by atoms with van der Waals surface area (Å²) in [6.45, 7) is 1.48. The van der Waals surface area contributed by atoms with Crippen molar-refractivity contribution in [1.29, 1.82) is 0 Å². The lowest BCUT2D eigenvalue weighted by Crippen LogP contribution is -2.36. The molecule has 0 bridgehead atoms. The van der Waals surface area contributed by atoms with Crippen LogP contribution in [0.4, 0.5) is 0 Å². The van der Waals surface area contributed by atoms with E-state index in [0.717, 1.165) is 48.5 Å². The van der Waals surface area contributed by atoms with Gasteiger partial charge in [-0.15, -0.1) is 0 Å². The second-order valence-corrected chi connectivity index (χ2v) is 7.05. The van der Waals surface area contributed by atoms with Crippen molar-refractivity contribution in [3.8, 4) is 0 Å². The molecule has 0 aliphatic carbocycles. The Labute approximate surface area is 151 Å². The van der Waals surface area contributed by atoms with Crippen molar-refractivity contribution < 1.29 is 4.74 Å². The van der Waals surface area contributed by atoms with Crippen LogP contribution in [0.2, 0.25) is 5.02 Å². The van der Waals surface area contributed by atoms with Crippen molar-refractivity contribution in [1.82, 2.24) is 24.4 Å². The molecule has 1 aliphatic rings. The van der Waals surface area contributed by atoms with E-state index in [4.69, 9.17) is 21.3 Å². The molecule has 1 saturated heterocycles. The molecule has 1 fully saturated rings. The summed E-state index contributed by atoms with van der Waals surface area (Å²) in [5.74, 6) is 1.01. The van der Waals surface area contributed by atoms with E-state index in [-0.39, 0.29) is 6.10 Å². The number of imidazole rings is 2. The summed E-state index contributed by atoms with van der Waals surface area (Å²) < 4.78 is 10.1. The average molecular weight is 360 g/mol. The first kappa shape index (κ1) is 16.6. The van der Waals surface area contributed by atoms with E-state index in [9.17, 15) is 0 Å². The Morgan fingerprint density at radius 3 is 3.04 bits per heavy atom. The minimum absolute atomic E-state index is 0.0954. The number of fused-ring (bicyclic) bond motifs is 1. The molecule has 0 spiro atoms. The monoisotopic (exact) mass is 359 g/mol. The molecular formula is C18H22ClN5O. The van der Waals surface area contributed by atoms with Gasteiger partial charge in [-0.2, -0.15) is 0 Å². The van der Waals surface area contributed by atoms with Gasteiger partial charge >= 0.3 is 0 Å². The molecule has 3 heterocycles. The summed E-state index contributed by atoms with van der Waals surface area (Å²) >= 11 is 6.07. The number of aryl methyl sites for hydroxylation is 2. The quantitative estimate of drug-likeness (QED) is 0.778. The topological polar surface area (TPSA) is 56.9 Å². The van der Waals surface area contributed by atoms with Gasteiger partial charge < -0.3 is 19.2 Å². The van der Waals surface area contributed by atoms with Gasteiger partial charge in [0, 0.05) is 31.8 Å². The fourth-order valence-corrected chi connectivity index (χ4v) is 3.65. The molecule has 25 heavy (non-hydrogen) atoms. The summed E-state index contributed by atoms with van der Waals surface area (Å²) in [5.41, 5.74) is 3.16. The molecule has 6 nitrogen and oxygen atoms in total. The van der Waals surface area contributed by atoms with E-state index in [1.165, 1.54) is 0 Å². The fraction of sp³-hybridized carbons (Fsp3) is 0.444. The van der Waals surface area contributed by atoms with Crippen LogP contribution in [0.3, 0.4) is 0 Å². The lowest BCUT2D eigenvalue weighted by molar-refractivity contribution is -0.00417. The summed E-state index contributed by atoms with van der Waals surface area (Å²) in [6, 6.07) is 6.23. The van der Waals surface area contributed by atoms with E-state index in [1.807, 2.05) is 49.4 Å². The molecule has 0 saturated carbocycles. The highest BCUT2D eigenvalue weighted by Crippen LogP contribution is 2.28. The highest BCUT2D eigenvalue weighted by Gasteiger charge is 2.25. The van der Waals surface area contributed by atoms with Crippen LogP contribution in [0, 0.1) is 0 Å². The Hall–Kier alpha value is -1.89. The molecule has 4 rings (SSSR count). The molecule has 132 valence electrons. The standard InChI is InChI=1S/C18H22ClN5O/c1-23-11-20-9-16(23)17-8-13(5-6-25-17)21-10-18-22-14-7-12(19)3-4-15(14)24(18)2/h3-4,7,9,11,13,17,21H,5-6,8,10H2,1-2H3/t13-,17+/m1/s1. The normalized spacial score (nSPS) is 21.1. The minimum Gasteiger partial charge on any atom is -0.372 e. The van der Waals surface area contributed by atoms with Gasteiger partial charge in [-0.25, -0.2) is 9.97 Å². The zero-order valence-electron chi connectivity index (χ0n) is 14.4. The molecule has 2 aromatic heterocycles. The number of ether oxygens (including phenoxy) is 1. The molecule has 7 heteroatoms. The predicted octanol–water partition coefficient (Wildman–Crippen LogP) is 2.97. The maximum atomic E-state index is 6.07. The highest BCUT2D eigenvalue weighted by atomic mass is 35.5. The van der Waals surface area contributed by atoms with E-state index >= 15 is 0 Å². The van der Waals surface area contributed by atoms with Crippen LogP contribution < -0.4 is 5.32 Å². The van der Waals surface area contributed by atoms with Gasteiger partial charge in [0.1, 0.15) is 11.9 Å². The van der Waals surface area contributed by atoms with Crippen molar-refractivity contribution >= 4 is 22.6 Å². The lowest BCUT2D eigenvalue weighted by atomic mass is 10.0. The number of aromatic nitrogens is 4. The molecule has 1 aliphatic heterocycles. The lowest BCUT2D eigenvalue weighted by Gasteiger charge is -2.30. The van der Waals surface area contributed by atoms with Crippen molar-refractivity contribution in [3.63, 3.8) is 0 Å². The van der Waals surface area contributed by atoms with Crippen molar-refractivity contribution in [3.05, 3.63) is 47.3 Å². The van der Waals surface area contributed by atoms with E-state index in [2.05, 4.69) is 14.9 Å². The first-order chi connectivity index (χ1) is 12.1. The van der Waals surface area contributed by atoms with Crippen molar-refractivity contribution in [2.24, 2.45) is 14.1 Å². The number of hydrogen-bond donors (Lipinski definition) is 1. The van der Waals surface area contributed by atoms with Crippen molar-refractivity contribution in [2.75, 3.05) is 6.61 Å². The smallest absolute Gasteiger partial charge is 0.123 e. The van der Waals surface area contributed by atoms with Crippen LogP contribution in [0.25, 0.3) is 11.0 Å². The first-order valence-corrected chi connectivity index (χ1v) is 8.91. The summed E-state index contributed by atoms with van der Waals surface area (Å²) in [6.07, 6.45) is 5.75. The number of halogens is 1. The third kappa shape index (κ3) is 3.29. The number of nitrogens with zero attached hydrogens (tertiary/aromatic N) is 4. The Morgan fingerprint density at radius 1 is 1.36 bits per heavy atom. The summed E-state index contributed by atoms with van der Waals surface area (Å²) in [4.78, 5) is 8.91. The zero-order valence-corrected chi connectivity index (χ0v) is 15.2. The largest absolute Gasteiger partial charge is 0.372 e. The molecule has 1 aromatic carbocycles. The number of hydrogen-bond acceptors (Lipinski definition) is 4. The Morgan fingerprint density at radius 2 is 2.24 bits per heavy atom. The molecule has 1 N–H and O–H groups in total. The second-order valence-electron chi connectivity index (χ2n) is 6.61. The van der Waals surface area contributed by atoms with Crippen LogP contribution >= 0.6 is 11.6 Å². The van der Waals surface area contributed by atoms with Gasteiger partial charge in [0.05, 0.1) is 35.8 Å². The van der Waals surface area contributed by atoms with Gasteiger partial charge in [-0.05, 0) is 31.0 Å². The van der Waals surface area contributed by atoms with Crippen LogP contribution in [0.15, 0.2) is 30.7 Å². The van der Waals surface area contributed by atoms with E-state index < -0.39 is 0 Å². The van der Waals surface area contributed by atoms with E-state index in [0.29, 0.717) is 11.1 Å². The van der Waals surface area contributed by atoms with Crippen LogP contribution in [-0.4, -0.2) is 31.8 Å².